The number of hydrogen-bond donors (Lipinski definition) is 2. The number of carbonyl (C=O) groups excluding carboxylic acids is 1. The predicted octanol–water partition coefficient (Wildman–Crippen LogP) is 2.36. The van der Waals surface area contributed by atoms with Crippen molar-refractivity contribution >= 4 is 17.5 Å². The summed E-state index contributed by atoms with van der Waals surface area (Å²) in [5, 5.41) is 5.76. The van der Waals surface area contributed by atoms with Crippen LogP contribution in [0, 0.1) is 6.92 Å². The van der Waals surface area contributed by atoms with E-state index in [1.807, 2.05) is 0 Å². The van der Waals surface area contributed by atoms with E-state index in [4.69, 9.17) is 9.47 Å². The first-order valence-electron chi connectivity index (χ1n) is 7.07. The lowest BCUT2D eigenvalue weighted by atomic mass is 10.2. The molecule has 0 saturated carbocycles. The third-order valence-electron chi connectivity index (χ3n) is 3.12. The minimum absolute atomic E-state index is 0.191. The summed E-state index contributed by atoms with van der Waals surface area (Å²) in [4.78, 5) is 20.8. The van der Waals surface area contributed by atoms with Crippen molar-refractivity contribution in [3.63, 3.8) is 0 Å². The van der Waals surface area contributed by atoms with Crippen molar-refractivity contribution in [1.82, 2.24) is 9.97 Å². The third kappa shape index (κ3) is 3.39. The number of hydrogen-bond acceptors (Lipinski definition) is 6. The highest BCUT2D eigenvalue weighted by molar-refractivity contribution is 6.03. The molecule has 1 aliphatic rings. The number of nitrogens with one attached hydrogen (secondary N) is 2. The van der Waals surface area contributed by atoms with Gasteiger partial charge in [0.15, 0.2) is 11.5 Å². The van der Waals surface area contributed by atoms with Crippen LogP contribution in [0.2, 0.25) is 0 Å². The largest absolute Gasteiger partial charge is 0.454 e. The molecule has 0 aliphatic carbocycles. The number of carbonyl (C=O) groups is 1. The van der Waals surface area contributed by atoms with E-state index in [1.165, 1.54) is 0 Å². The number of aryl methyl sites for hydroxylation is 1. The van der Waals surface area contributed by atoms with Crippen molar-refractivity contribution in [1.29, 1.82) is 0 Å². The molecule has 1 aliphatic heterocycles. The number of benzene rings is 1. The Morgan fingerprint density at radius 2 is 2.13 bits per heavy atom. The van der Waals surface area contributed by atoms with Gasteiger partial charge in [0.05, 0.1) is 0 Å². The maximum absolute atomic E-state index is 12.4. The SMILES string of the molecule is C=CCNc1nc(C)cc(C(=O)Nc2ccc3c(c2)OCO3)n1. The molecule has 2 aromatic rings. The fourth-order valence-electron chi connectivity index (χ4n) is 2.10. The first-order valence-corrected chi connectivity index (χ1v) is 7.07. The maximum Gasteiger partial charge on any atom is 0.274 e. The number of amides is 1. The van der Waals surface area contributed by atoms with E-state index >= 15 is 0 Å². The van der Waals surface area contributed by atoms with Gasteiger partial charge in [0.2, 0.25) is 12.7 Å². The minimum atomic E-state index is -0.323. The van der Waals surface area contributed by atoms with E-state index in [0.29, 0.717) is 35.4 Å². The number of ether oxygens (including phenoxy) is 2. The van der Waals surface area contributed by atoms with Gasteiger partial charge >= 0.3 is 0 Å². The number of aromatic nitrogens is 2. The van der Waals surface area contributed by atoms with Gasteiger partial charge in [-0.25, -0.2) is 9.97 Å². The van der Waals surface area contributed by atoms with Gasteiger partial charge in [0, 0.05) is 24.0 Å². The van der Waals surface area contributed by atoms with Crippen molar-refractivity contribution in [2.45, 2.75) is 6.92 Å². The molecule has 1 aromatic carbocycles. The van der Waals surface area contributed by atoms with Crippen LogP contribution in [0.25, 0.3) is 0 Å². The van der Waals surface area contributed by atoms with Crippen LogP contribution in [0.4, 0.5) is 11.6 Å². The maximum atomic E-state index is 12.4. The fourth-order valence-corrected chi connectivity index (χ4v) is 2.10. The molecule has 7 heteroatoms. The number of rotatable bonds is 5. The average molecular weight is 312 g/mol. The topological polar surface area (TPSA) is 85.4 Å². The standard InChI is InChI=1S/C16H16N4O3/c1-3-6-17-16-18-10(2)7-12(20-16)15(21)19-11-4-5-13-14(8-11)23-9-22-13/h3-5,7-8H,1,6,9H2,2H3,(H,19,21)(H,17,18,20). The first kappa shape index (κ1) is 14.8. The molecule has 0 spiro atoms. The van der Waals surface area contributed by atoms with Crippen LogP contribution in [-0.4, -0.2) is 29.2 Å². The summed E-state index contributed by atoms with van der Waals surface area (Å²) in [7, 11) is 0. The van der Waals surface area contributed by atoms with Gasteiger partial charge < -0.3 is 20.1 Å². The summed E-state index contributed by atoms with van der Waals surface area (Å²) in [6, 6.07) is 6.84. The van der Waals surface area contributed by atoms with Crippen LogP contribution in [-0.2, 0) is 0 Å². The Morgan fingerprint density at radius 1 is 1.30 bits per heavy atom. The lowest BCUT2D eigenvalue weighted by Gasteiger charge is -2.08. The summed E-state index contributed by atoms with van der Waals surface area (Å²) in [6.45, 7) is 6.14. The van der Waals surface area contributed by atoms with Gasteiger partial charge in [-0.3, -0.25) is 4.79 Å². The smallest absolute Gasteiger partial charge is 0.274 e. The Labute approximate surface area is 133 Å². The van der Waals surface area contributed by atoms with Gasteiger partial charge in [0.25, 0.3) is 5.91 Å². The zero-order valence-corrected chi connectivity index (χ0v) is 12.6. The van der Waals surface area contributed by atoms with E-state index in [-0.39, 0.29) is 18.4 Å². The Balaban J connectivity index is 1.77. The molecule has 7 nitrogen and oxygen atoms in total. The quantitative estimate of drug-likeness (QED) is 0.824. The molecule has 1 amide bonds. The van der Waals surface area contributed by atoms with Crippen LogP contribution in [0.15, 0.2) is 36.9 Å². The van der Waals surface area contributed by atoms with Crippen LogP contribution in [0.5, 0.6) is 11.5 Å². The Kier molecular flexibility index (Phi) is 4.09. The van der Waals surface area contributed by atoms with Crippen molar-refractivity contribution in [3.8, 4) is 11.5 Å². The molecular weight excluding hydrogens is 296 g/mol. The van der Waals surface area contributed by atoms with Crippen molar-refractivity contribution in [2.24, 2.45) is 0 Å². The summed E-state index contributed by atoms with van der Waals surface area (Å²) in [6.07, 6.45) is 1.69. The summed E-state index contributed by atoms with van der Waals surface area (Å²) < 4.78 is 10.5. The first-order chi connectivity index (χ1) is 11.2. The number of fused-ring (bicyclic) bond motifs is 1. The summed E-state index contributed by atoms with van der Waals surface area (Å²) in [5.41, 5.74) is 1.58. The van der Waals surface area contributed by atoms with E-state index < -0.39 is 0 Å². The number of anilines is 2. The number of nitrogens with zero attached hydrogens (tertiary/aromatic N) is 2. The highest BCUT2D eigenvalue weighted by Crippen LogP contribution is 2.34. The monoisotopic (exact) mass is 312 g/mol. The normalized spacial score (nSPS) is 11.9. The molecule has 0 unspecified atom stereocenters. The van der Waals surface area contributed by atoms with Gasteiger partial charge in [-0.2, -0.15) is 0 Å². The lowest BCUT2D eigenvalue weighted by molar-refractivity contribution is 0.102. The molecule has 0 fully saturated rings. The molecule has 2 heterocycles. The van der Waals surface area contributed by atoms with Crippen molar-refractivity contribution < 1.29 is 14.3 Å². The fraction of sp³-hybridized carbons (Fsp3) is 0.188. The van der Waals surface area contributed by atoms with Crippen molar-refractivity contribution in [2.75, 3.05) is 24.0 Å². The molecule has 1 aromatic heterocycles. The average Bonchev–Trinajstić information content (AvgIpc) is 3.00. The molecule has 0 radical (unpaired) electrons. The molecule has 2 N–H and O–H groups in total. The van der Waals surface area contributed by atoms with E-state index in [0.717, 1.165) is 0 Å². The van der Waals surface area contributed by atoms with Gasteiger partial charge in [-0.05, 0) is 25.1 Å². The molecular formula is C16H16N4O3. The third-order valence-corrected chi connectivity index (χ3v) is 3.12. The van der Waals surface area contributed by atoms with Gasteiger partial charge in [-0.15, -0.1) is 6.58 Å². The zero-order valence-electron chi connectivity index (χ0n) is 12.6. The highest BCUT2D eigenvalue weighted by Gasteiger charge is 2.15. The second-order valence-electron chi connectivity index (χ2n) is 4.91. The Morgan fingerprint density at radius 3 is 2.96 bits per heavy atom. The van der Waals surface area contributed by atoms with Crippen molar-refractivity contribution in [3.05, 3.63) is 48.3 Å². The molecule has 23 heavy (non-hydrogen) atoms. The van der Waals surface area contributed by atoms with E-state index in [1.54, 1.807) is 37.3 Å². The lowest BCUT2D eigenvalue weighted by Crippen LogP contribution is -2.16. The van der Waals surface area contributed by atoms with Crippen LogP contribution >= 0.6 is 0 Å². The van der Waals surface area contributed by atoms with E-state index in [9.17, 15) is 4.79 Å². The van der Waals surface area contributed by atoms with Crippen LogP contribution < -0.4 is 20.1 Å². The van der Waals surface area contributed by atoms with E-state index in [2.05, 4.69) is 27.2 Å². The Bertz CT molecular complexity index is 761. The summed E-state index contributed by atoms with van der Waals surface area (Å²) in [5.74, 6) is 1.34. The zero-order chi connectivity index (χ0) is 16.2. The van der Waals surface area contributed by atoms with Gasteiger partial charge in [-0.1, -0.05) is 6.08 Å². The molecule has 0 atom stereocenters. The molecule has 0 saturated heterocycles. The predicted molar refractivity (Wildman–Crippen MR) is 86.0 cm³/mol. The molecule has 118 valence electrons. The summed E-state index contributed by atoms with van der Waals surface area (Å²) >= 11 is 0. The van der Waals surface area contributed by atoms with Crippen LogP contribution in [0.1, 0.15) is 16.2 Å². The second kappa shape index (κ2) is 6.35. The molecule has 0 bridgehead atoms. The van der Waals surface area contributed by atoms with Gasteiger partial charge in [0.1, 0.15) is 5.69 Å². The molecule has 3 rings (SSSR count). The highest BCUT2D eigenvalue weighted by atomic mass is 16.7. The van der Waals surface area contributed by atoms with Crippen LogP contribution in [0.3, 0.4) is 0 Å². The Hall–Kier alpha value is -3.09. The minimum Gasteiger partial charge on any atom is -0.454 e. The second-order valence-corrected chi connectivity index (χ2v) is 4.91.